The van der Waals surface area contributed by atoms with Crippen molar-refractivity contribution in [2.75, 3.05) is 6.54 Å². The van der Waals surface area contributed by atoms with E-state index in [9.17, 15) is 0 Å². The van der Waals surface area contributed by atoms with Gasteiger partial charge in [0, 0.05) is 17.8 Å². The summed E-state index contributed by atoms with van der Waals surface area (Å²) in [7, 11) is 0. The highest BCUT2D eigenvalue weighted by molar-refractivity contribution is 5.17. The van der Waals surface area contributed by atoms with Gasteiger partial charge in [-0.05, 0) is 20.4 Å². The summed E-state index contributed by atoms with van der Waals surface area (Å²) >= 11 is 0. The molecule has 0 amide bonds. The lowest BCUT2D eigenvalue weighted by Crippen LogP contribution is -2.18. The molecule has 1 unspecified atom stereocenters. The molecule has 0 saturated carbocycles. The zero-order chi connectivity index (χ0) is 10.6. The number of aromatic nitrogens is 2. The first kappa shape index (κ1) is 10.7. The molecule has 0 saturated heterocycles. The summed E-state index contributed by atoms with van der Waals surface area (Å²) in [5, 5.41) is 16.2. The predicted octanol–water partition coefficient (Wildman–Crippen LogP) is 1.64. The molecule has 1 aromatic rings. The Morgan fingerprint density at radius 2 is 2.36 bits per heavy atom. The van der Waals surface area contributed by atoms with Gasteiger partial charge in [-0.15, -0.1) is 0 Å². The van der Waals surface area contributed by atoms with Crippen molar-refractivity contribution < 1.29 is 0 Å². The Bertz CT molecular complexity index is 321. The first-order valence-corrected chi connectivity index (χ1v) is 4.86. The van der Waals surface area contributed by atoms with Crippen LogP contribution in [0.3, 0.4) is 0 Å². The van der Waals surface area contributed by atoms with Crippen LogP contribution in [0.25, 0.3) is 0 Å². The molecule has 0 bridgehead atoms. The van der Waals surface area contributed by atoms with E-state index in [1.54, 1.807) is 6.20 Å². The molecule has 0 aliphatic heterocycles. The van der Waals surface area contributed by atoms with Crippen LogP contribution in [0.15, 0.2) is 12.4 Å². The lowest BCUT2D eigenvalue weighted by Gasteiger charge is -2.07. The van der Waals surface area contributed by atoms with Gasteiger partial charge in [0.25, 0.3) is 0 Å². The van der Waals surface area contributed by atoms with Crippen molar-refractivity contribution in [3.63, 3.8) is 0 Å². The van der Waals surface area contributed by atoms with Crippen LogP contribution in [0.1, 0.15) is 38.4 Å². The summed E-state index contributed by atoms with van der Waals surface area (Å²) in [5.41, 5.74) is 0.933. The minimum absolute atomic E-state index is 0.243. The van der Waals surface area contributed by atoms with Crippen LogP contribution in [-0.2, 0) is 0 Å². The second-order valence-electron chi connectivity index (χ2n) is 3.47. The van der Waals surface area contributed by atoms with Crippen molar-refractivity contribution in [3.05, 3.63) is 18.0 Å². The third-order valence-electron chi connectivity index (χ3n) is 2.02. The largest absolute Gasteiger partial charge is 0.298 e. The monoisotopic (exact) mass is 192 g/mol. The average molecular weight is 192 g/mol. The van der Waals surface area contributed by atoms with Crippen molar-refractivity contribution >= 4 is 0 Å². The van der Waals surface area contributed by atoms with Gasteiger partial charge in [0.15, 0.2) is 0 Å². The summed E-state index contributed by atoms with van der Waals surface area (Å²) < 4.78 is 1.86. The van der Waals surface area contributed by atoms with Gasteiger partial charge in [0.05, 0.1) is 12.3 Å². The second kappa shape index (κ2) is 4.77. The molecule has 0 radical (unpaired) electrons. The van der Waals surface area contributed by atoms with E-state index in [1.807, 2.05) is 17.8 Å². The van der Waals surface area contributed by atoms with Gasteiger partial charge in [-0.3, -0.25) is 10.00 Å². The van der Waals surface area contributed by atoms with E-state index in [2.05, 4.69) is 30.3 Å². The minimum atomic E-state index is -0.243. The van der Waals surface area contributed by atoms with E-state index >= 15 is 0 Å². The Hall–Kier alpha value is -1.34. The van der Waals surface area contributed by atoms with Gasteiger partial charge in [0.2, 0.25) is 0 Å². The van der Waals surface area contributed by atoms with Crippen molar-refractivity contribution in [2.45, 2.75) is 32.9 Å². The topological polar surface area (TPSA) is 53.6 Å². The van der Waals surface area contributed by atoms with Gasteiger partial charge in [-0.25, -0.2) is 0 Å². The Kier molecular flexibility index (Phi) is 3.66. The third-order valence-corrected chi connectivity index (χ3v) is 2.02. The number of hydrogen-bond acceptors (Lipinski definition) is 3. The molecule has 14 heavy (non-hydrogen) atoms. The lowest BCUT2D eigenvalue weighted by atomic mass is 10.2. The minimum Gasteiger partial charge on any atom is -0.298 e. The highest BCUT2D eigenvalue weighted by Crippen LogP contribution is 2.12. The summed E-state index contributed by atoms with van der Waals surface area (Å²) in [6, 6.07) is 2.30. The predicted molar refractivity (Wildman–Crippen MR) is 54.6 cm³/mol. The molecule has 0 fully saturated rings. The fourth-order valence-electron chi connectivity index (χ4n) is 1.23. The third kappa shape index (κ3) is 2.33. The molecule has 1 aromatic heterocycles. The molecule has 1 N–H and O–H groups in total. The molecular formula is C10H16N4. The van der Waals surface area contributed by atoms with Crippen molar-refractivity contribution in [1.29, 1.82) is 5.26 Å². The van der Waals surface area contributed by atoms with Crippen LogP contribution in [0.5, 0.6) is 0 Å². The molecule has 4 heteroatoms. The van der Waals surface area contributed by atoms with Gasteiger partial charge in [-0.2, -0.15) is 10.4 Å². The van der Waals surface area contributed by atoms with Gasteiger partial charge in [-0.1, -0.05) is 6.92 Å². The lowest BCUT2D eigenvalue weighted by molar-refractivity contribution is 0.531. The number of nitrogens with one attached hydrogen (secondary N) is 1. The van der Waals surface area contributed by atoms with Crippen molar-refractivity contribution in [3.8, 4) is 6.07 Å². The van der Waals surface area contributed by atoms with Crippen LogP contribution < -0.4 is 5.32 Å². The van der Waals surface area contributed by atoms with Crippen LogP contribution in [0.2, 0.25) is 0 Å². The molecule has 4 nitrogen and oxygen atoms in total. The molecule has 0 aliphatic carbocycles. The fourth-order valence-corrected chi connectivity index (χ4v) is 1.23. The summed E-state index contributed by atoms with van der Waals surface area (Å²) in [6.07, 6.45) is 3.66. The standard InChI is InChI=1S/C10H16N4/c1-4-12-10(5-11)9-6-13-14(7-9)8(2)3/h6-8,10,12H,4H2,1-3H3. The number of nitriles is 1. The van der Waals surface area contributed by atoms with Crippen LogP contribution >= 0.6 is 0 Å². The second-order valence-corrected chi connectivity index (χ2v) is 3.47. The Labute approximate surface area is 84.5 Å². The van der Waals surface area contributed by atoms with Crippen LogP contribution in [-0.4, -0.2) is 16.3 Å². The Balaban J connectivity index is 2.79. The number of rotatable bonds is 4. The van der Waals surface area contributed by atoms with E-state index in [0.29, 0.717) is 6.04 Å². The maximum absolute atomic E-state index is 8.91. The number of nitrogens with zero attached hydrogens (tertiary/aromatic N) is 3. The van der Waals surface area contributed by atoms with Crippen molar-refractivity contribution in [2.24, 2.45) is 0 Å². The van der Waals surface area contributed by atoms with E-state index in [4.69, 9.17) is 5.26 Å². The van der Waals surface area contributed by atoms with E-state index in [-0.39, 0.29) is 6.04 Å². The zero-order valence-corrected chi connectivity index (χ0v) is 8.86. The molecule has 0 aromatic carbocycles. The normalized spacial score (nSPS) is 12.8. The summed E-state index contributed by atoms with van der Waals surface area (Å²) in [6.45, 7) is 6.89. The van der Waals surface area contributed by atoms with Crippen molar-refractivity contribution in [1.82, 2.24) is 15.1 Å². The zero-order valence-electron chi connectivity index (χ0n) is 8.86. The molecule has 1 rings (SSSR count). The van der Waals surface area contributed by atoms with E-state index < -0.39 is 0 Å². The molecule has 76 valence electrons. The van der Waals surface area contributed by atoms with Gasteiger partial charge < -0.3 is 0 Å². The SMILES string of the molecule is CCNC(C#N)c1cnn(C(C)C)c1. The quantitative estimate of drug-likeness (QED) is 0.789. The van der Waals surface area contributed by atoms with Gasteiger partial charge in [0.1, 0.15) is 6.04 Å². The first-order valence-electron chi connectivity index (χ1n) is 4.86. The molecular weight excluding hydrogens is 176 g/mol. The number of hydrogen-bond donors (Lipinski definition) is 1. The molecule has 0 spiro atoms. The maximum Gasteiger partial charge on any atom is 0.124 e. The van der Waals surface area contributed by atoms with E-state index in [1.165, 1.54) is 0 Å². The first-order chi connectivity index (χ1) is 6.69. The Morgan fingerprint density at radius 1 is 1.64 bits per heavy atom. The average Bonchev–Trinajstić information content (AvgIpc) is 2.63. The highest BCUT2D eigenvalue weighted by atomic mass is 15.3. The molecule has 0 aliphatic rings. The summed E-state index contributed by atoms with van der Waals surface area (Å²) in [5.74, 6) is 0. The fraction of sp³-hybridized carbons (Fsp3) is 0.600. The summed E-state index contributed by atoms with van der Waals surface area (Å²) in [4.78, 5) is 0. The highest BCUT2D eigenvalue weighted by Gasteiger charge is 2.11. The molecule has 1 atom stereocenters. The smallest absolute Gasteiger partial charge is 0.124 e. The Morgan fingerprint density at radius 3 is 2.79 bits per heavy atom. The van der Waals surface area contributed by atoms with Gasteiger partial charge >= 0.3 is 0 Å². The molecule has 1 heterocycles. The maximum atomic E-state index is 8.91. The van der Waals surface area contributed by atoms with Crippen LogP contribution in [0, 0.1) is 11.3 Å². The van der Waals surface area contributed by atoms with E-state index in [0.717, 1.165) is 12.1 Å². The van der Waals surface area contributed by atoms with Crippen LogP contribution in [0.4, 0.5) is 0 Å².